The Balaban J connectivity index is 1.67. The first-order valence-electron chi connectivity index (χ1n) is 9.17. The van der Waals surface area contributed by atoms with Crippen molar-refractivity contribution in [3.8, 4) is 0 Å². The van der Waals surface area contributed by atoms with Crippen LogP contribution in [0.2, 0.25) is 0 Å². The van der Waals surface area contributed by atoms with Crippen molar-refractivity contribution in [1.29, 1.82) is 0 Å². The predicted molar refractivity (Wildman–Crippen MR) is 98.6 cm³/mol. The van der Waals surface area contributed by atoms with Crippen LogP contribution in [0.25, 0.3) is 10.9 Å². The summed E-state index contributed by atoms with van der Waals surface area (Å²) in [6, 6.07) is 18.1. The smallest absolute Gasteiger partial charge is 0.140 e. The number of hydrogen-bond acceptors (Lipinski definition) is 0. The summed E-state index contributed by atoms with van der Waals surface area (Å²) < 4.78 is 14.8. The fourth-order valence-electron chi connectivity index (χ4n) is 5.89. The second kappa shape index (κ2) is 4.73. The lowest BCUT2D eigenvalue weighted by atomic mass is 9.77. The van der Waals surface area contributed by atoms with Crippen LogP contribution in [0, 0.1) is 5.82 Å². The van der Waals surface area contributed by atoms with Crippen LogP contribution in [0.3, 0.4) is 0 Å². The normalized spacial score (nSPS) is 30.2. The molecular formula is C22H24FN2+. The summed E-state index contributed by atoms with van der Waals surface area (Å²) in [4.78, 5) is 3.70. The van der Waals surface area contributed by atoms with Crippen molar-refractivity contribution in [2.24, 2.45) is 0 Å². The predicted octanol–water partition coefficient (Wildman–Crippen LogP) is 5.06. The minimum absolute atomic E-state index is 0.0133. The van der Waals surface area contributed by atoms with Crippen molar-refractivity contribution >= 4 is 10.9 Å². The van der Waals surface area contributed by atoms with Gasteiger partial charge >= 0.3 is 0 Å². The maximum absolute atomic E-state index is 13.9. The Morgan fingerprint density at radius 2 is 1.60 bits per heavy atom. The highest BCUT2D eigenvalue weighted by Gasteiger charge is 2.70. The lowest BCUT2D eigenvalue weighted by molar-refractivity contribution is -0.974. The standard InChI is InChI=1S/C22H24FN2/c1-25(2)21(17-7-5-8-18(23)15-17)10-12-22(25,13-11-21)20-14-16-6-3-4-9-19(16)24-20/h3-9,14-15,24H,10-13H2,1-2H3/q+1. The molecule has 3 heterocycles. The molecule has 2 fully saturated rings. The molecular weight excluding hydrogens is 311 g/mol. The van der Waals surface area contributed by atoms with Crippen LogP contribution in [0.4, 0.5) is 4.39 Å². The Kier molecular flexibility index (Phi) is 2.87. The van der Waals surface area contributed by atoms with Crippen LogP contribution < -0.4 is 0 Å². The number of hydrogen-bond donors (Lipinski definition) is 1. The molecule has 0 radical (unpaired) electrons. The van der Waals surface area contributed by atoms with Crippen molar-refractivity contribution in [2.75, 3.05) is 14.1 Å². The number of rotatable bonds is 2. The molecule has 0 spiro atoms. The average Bonchev–Trinajstić information content (AvgIpc) is 3.21. The molecule has 2 nitrogen and oxygen atoms in total. The number of benzene rings is 2. The number of quaternary nitrogens is 1. The third-order valence-electron chi connectivity index (χ3n) is 7.44. The van der Waals surface area contributed by atoms with Crippen LogP contribution in [-0.4, -0.2) is 23.6 Å². The van der Waals surface area contributed by atoms with E-state index in [2.05, 4.69) is 55.5 Å². The summed E-state index contributed by atoms with van der Waals surface area (Å²) in [5.41, 5.74) is 3.81. The zero-order chi connectivity index (χ0) is 17.3. The molecule has 2 aromatic carbocycles. The summed E-state index contributed by atoms with van der Waals surface area (Å²) in [7, 11) is 4.69. The van der Waals surface area contributed by atoms with Gasteiger partial charge in [-0.1, -0.05) is 30.3 Å². The number of aromatic nitrogens is 1. The van der Waals surface area contributed by atoms with Crippen LogP contribution in [0.5, 0.6) is 0 Å². The number of H-pyrrole nitrogens is 1. The first kappa shape index (κ1) is 15.2. The van der Waals surface area contributed by atoms with E-state index in [-0.39, 0.29) is 16.9 Å². The molecule has 2 aliphatic rings. The number of aromatic amines is 1. The van der Waals surface area contributed by atoms with E-state index < -0.39 is 0 Å². The van der Waals surface area contributed by atoms with Gasteiger partial charge in [0.05, 0.1) is 19.8 Å². The van der Waals surface area contributed by atoms with Gasteiger partial charge in [-0.05, 0) is 29.7 Å². The van der Waals surface area contributed by atoms with Gasteiger partial charge in [0.25, 0.3) is 0 Å². The molecule has 2 aliphatic heterocycles. The molecule has 3 aromatic rings. The Morgan fingerprint density at radius 1 is 0.880 bits per heavy atom. The first-order chi connectivity index (χ1) is 12.0. The van der Waals surface area contributed by atoms with Gasteiger partial charge in [0.2, 0.25) is 0 Å². The molecule has 1 N–H and O–H groups in total. The molecule has 2 bridgehead atoms. The molecule has 0 unspecified atom stereocenters. The van der Waals surface area contributed by atoms with E-state index in [1.807, 2.05) is 6.07 Å². The van der Waals surface area contributed by atoms with Gasteiger partial charge in [-0.3, -0.25) is 0 Å². The Labute approximate surface area is 147 Å². The third kappa shape index (κ3) is 1.72. The van der Waals surface area contributed by atoms with Crippen LogP contribution >= 0.6 is 0 Å². The fraction of sp³-hybridized carbons (Fsp3) is 0.364. The van der Waals surface area contributed by atoms with E-state index in [1.165, 1.54) is 16.6 Å². The molecule has 1 aromatic heterocycles. The summed E-state index contributed by atoms with van der Waals surface area (Å²) >= 11 is 0. The quantitative estimate of drug-likeness (QED) is 0.630. The average molecular weight is 335 g/mol. The van der Waals surface area contributed by atoms with E-state index >= 15 is 0 Å². The molecule has 0 aliphatic carbocycles. The first-order valence-corrected chi connectivity index (χ1v) is 9.17. The molecule has 0 amide bonds. The van der Waals surface area contributed by atoms with E-state index in [0.29, 0.717) is 0 Å². The van der Waals surface area contributed by atoms with Crippen molar-refractivity contribution in [2.45, 2.75) is 36.8 Å². The summed E-state index contributed by atoms with van der Waals surface area (Å²) in [5.74, 6) is -0.123. The minimum Gasteiger partial charge on any atom is -0.353 e. The van der Waals surface area contributed by atoms with Crippen molar-refractivity contribution in [3.05, 3.63) is 71.7 Å². The van der Waals surface area contributed by atoms with Crippen molar-refractivity contribution in [3.63, 3.8) is 0 Å². The van der Waals surface area contributed by atoms with Crippen LogP contribution in [0.15, 0.2) is 54.6 Å². The highest BCUT2D eigenvalue weighted by atomic mass is 19.1. The summed E-state index contributed by atoms with van der Waals surface area (Å²) in [5, 5.41) is 1.28. The Morgan fingerprint density at radius 3 is 2.32 bits per heavy atom. The van der Waals surface area contributed by atoms with Gasteiger partial charge in [-0.15, -0.1) is 0 Å². The second-order valence-corrected chi connectivity index (χ2v) is 8.30. The zero-order valence-corrected chi connectivity index (χ0v) is 14.8. The number of nitrogens with one attached hydrogen (secondary N) is 1. The van der Waals surface area contributed by atoms with Gasteiger partial charge in [0.15, 0.2) is 0 Å². The maximum atomic E-state index is 13.9. The van der Waals surface area contributed by atoms with Crippen molar-refractivity contribution in [1.82, 2.24) is 4.98 Å². The SMILES string of the molecule is C[N+]1(C)C2(c3cccc(F)c3)CCC1(c1cc3ccccc3[nH]1)CC2. The lowest BCUT2D eigenvalue weighted by Gasteiger charge is -2.46. The number of fused-ring (bicyclic) bond motifs is 3. The third-order valence-corrected chi connectivity index (χ3v) is 7.44. The van der Waals surface area contributed by atoms with Crippen LogP contribution in [-0.2, 0) is 11.1 Å². The molecule has 25 heavy (non-hydrogen) atoms. The number of nitrogens with zero attached hydrogens (tertiary/aromatic N) is 1. The van der Waals surface area contributed by atoms with E-state index in [4.69, 9.17) is 0 Å². The summed E-state index contributed by atoms with van der Waals surface area (Å²) in [6.45, 7) is 0. The monoisotopic (exact) mass is 335 g/mol. The largest absolute Gasteiger partial charge is 0.353 e. The van der Waals surface area contributed by atoms with E-state index in [9.17, 15) is 4.39 Å². The van der Waals surface area contributed by atoms with Crippen LogP contribution in [0.1, 0.15) is 36.9 Å². The minimum atomic E-state index is -0.123. The fourth-order valence-corrected chi connectivity index (χ4v) is 5.89. The molecule has 5 rings (SSSR count). The Hall–Kier alpha value is -2.13. The van der Waals surface area contributed by atoms with Gasteiger partial charge in [-0.25, -0.2) is 4.39 Å². The molecule has 128 valence electrons. The number of para-hydroxylation sites is 1. The summed E-state index contributed by atoms with van der Waals surface area (Å²) in [6.07, 6.45) is 4.50. The molecule has 0 atom stereocenters. The molecule has 0 saturated carbocycles. The van der Waals surface area contributed by atoms with Gasteiger partial charge in [0, 0.05) is 36.8 Å². The highest BCUT2D eigenvalue weighted by molar-refractivity contribution is 5.80. The van der Waals surface area contributed by atoms with Gasteiger partial charge < -0.3 is 9.47 Å². The lowest BCUT2D eigenvalue weighted by Crippen LogP contribution is -2.56. The van der Waals surface area contributed by atoms with Gasteiger partial charge in [-0.2, -0.15) is 0 Å². The molecule has 3 heteroatoms. The zero-order valence-electron chi connectivity index (χ0n) is 14.8. The maximum Gasteiger partial charge on any atom is 0.140 e. The topological polar surface area (TPSA) is 15.8 Å². The van der Waals surface area contributed by atoms with Gasteiger partial charge in [0.1, 0.15) is 16.9 Å². The Bertz CT molecular complexity index is 928. The van der Waals surface area contributed by atoms with E-state index in [1.54, 1.807) is 12.1 Å². The van der Waals surface area contributed by atoms with Crippen molar-refractivity contribution < 1.29 is 8.87 Å². The number of halogens is 1. The highest BCUT2D eigenvalue weighted by Crippen LogP contribution is 2.65. The second-order valence-electron chi connectivity index (χ2n) is 8.30. The molecule has 2 saturated heterocycles. The van der Waals surface area contributed by atoms with E-state index in [0.717, 1.165) is 35.7 Å².